The van der Waals surface area contributed by atoms with Crippen LogP contribution in [0.15, 0.2) is 22.7 Å². The van der Waals surface area contributed by atoms with Crippen molar-refractivity contribution in [3.05, 3.63) is 46.3 Å². The van der Waals surface area contributed by atoms with E-state index in [1.807, 2.05) is 0 Å². The van der Waals surface area contributed by atoms with Crippen molar-refractivity contribution >= 4 is 17.5 Å². The molecule has 2 aromatic rings. The highest BCUT2D eigenvalue weighted by Gasteiger charge is 2.33. The zero-order valence-corrected chi connectivity index (χ0v) is 13.9. The van der Waals surface area contributed by atoms with Gasteiger partial charge in [-0.15, -0.1) is 0 Å². The van der Waals surface area contributed by atoms with Crippen LogP contribution in [0.4, 0.5) is 4.39 Å². The first-order valence-corrected chi connectivity index (χ1v) is 8.05. The van der Waals surface area contributed by atoms with E-state index in [2.05, 4.69) is 10.1 Å². The molecule has 3 rings (SSSR count). The first-order chi connectivity index (χ1) is 11.6. The topological polar surface area (TPSA) is 68.5 Å². The molecule has 0 aliphatic carbocycles. The quantitative estimate of drug-likeness (QED) is 0.842. The third kappa shape index (κ3) is 3.42. The van der Waals surface area contributed by atoms with Gasteiger partial charge in [0.25, 0.3) is 5.91 Å². The number of piperidine rings is 1. The normalized spacial score (nSPS) is 18.0. The molecular formula is C16H17ClFN3O3. The molecular weight excluding hydrogens is 337 g/mol. The summed E-state index contributed by atoms with van der Waals surface area (Å²) in [4.78, 5) is 18.6. The number of halogens is 2. The maximum atomic E-state index is 14.0. The number of carbonyl (C=O) groups is 1. The van der Waals surface area contributed by atoms with Crippen molar-refractivity contribution in [2.75, 3.05) is 13.7 Å². The summed E-state index contributed by atoms with van der Waals surface area (Å²) in [6.45, 7) is 0.727. The Morgan fingerprint density at radius 3 is 3.12 bits per heavy atom. The summed E-state index contributed by atoms with van der Waals surface area (Å²) in [7, 11) is 1.54. The van der Waals surface area contributed by atoms with Crippen LogP contribution in [0.3, 0.4) is 0 Å². The molecule has 0 saturated carbocycles. The number of hydrogen-bond acceptors (Lipinski definition) is 5. The maximum Gasteiger partial charge on any atom is 0.257 e. The fourth-order valence-electron chi connectivity index (χ4n) is 2.84. The highest BCUT2D eigenvalue weighted by molar-refractivity contribution is 6.31. The van der Waals surface area contributed by atoms with E-state index in [1.54, 1.807) is 4.90 Å². The van der Waals surface area contributed by atoms with Crippen molar-refractivity contribution in [2.45, 2.75) is 31.9 Å². The average molecular weight is 354 g/mol. The molecule has 0 radical (unpaired) electrons. The number of ether oxygens (including phenoxy) is 1. The molecule has 1 aromatic carbocycles. The molecule has 6 nitrogen and oxygen atoms in total. The Balaban J connectivity index is 1.88. The second kappa shape index (κ2) is 7.27. The van der Waals surface area contributed by atoms with Crippen LogP contribution in [-0.4, -0.2) is 34.6 Å². The third-order valence-corrected chi connectivity index (χ3v) is 4.20. The lowest BCUT2D eigenvalue weighted by Crippen LogP contribution is -2.39. The predicted octanol–water partition coefficient (Wildman–Crippen LogP) is 3.38. The molecule has 0 N–H and O–H groups in total. The summed E-state index contributed by atoms with van der Waals surface area (Å²) < 4.78 is 24.3. The average Bonchev–Trinajstić information content (AvgIpc) is 3.05. The number of methoxy groups -OCH3 is 1. The number of aromatic nitrogens is 2. The number of likely N-dealkylation sites (tertiary alicyclic amines) is 1. The number of hydrogen-bond donors (Lipinski definition) is 0. The van der Waals surface area contributed by atoms with Gasteiger partial charge in [0.2, 0.25) is 5.89 Å². The Bertz CT molecular complexity index is 737. The fourth-order valence-corrected chi connectivity index (χ4v) is 3.01. The van der Waals surface area contributed by atoms with Crippen molar-refractivity contribution < 1.29 is 18.4 Å². The molecule has 1 fully saturated rings. The first kappa shape index (κ1) is 16.9. The summed E-state index contributed by atoms with van der Waals surface area (Å²) >= 11 is 5.90. The van der Waals surface area contributed by atoms with E-state index in [1.165, 1.54) is 25.3 Å². The van der Waals surface area contributed by atoms with Gasteiger partial charge in [-0.2, -0.15) is 4.98 Å². The molecule has 2 heterocycles. The van der Waals surface area contributed by atoms with Crippen LogP contribution in [-0.2, 0) is 11.3 Å². The van der Waals surface area contributed by atoms with Crippen LogP contribution in [0.2, 0.25) is 5.02 Å². The molecule has 1 atom stereocenters. The van der Waals surface area contributed by atoms with Crippen molar-refractivity contribution in [3.8, 4) is 0 Å². The van der Waals surface area contributed by atoms with Crippen molar-refractivity contribution in [2.24, 2.45) is 0 Å². The van der Waals surface area contributed by atoms with Crippen LogP contribution in [0.1, 0.15) is 47.4 Å². The molecule has 24 heavy (non-hydrogen) atoms. The number of benzene rings is 1. The van der Waals surface area contributed by atoms with Gasteiger partial charge in [-0.3, -0.25) is 4.79 Å². The predicted molar refractivity (Wildman–Crippen MR) is 84.0 cm³/mol. The minimum absolute atomic E-state index is 0.0500. The molecule has 128 valence electrons. The molecule has 0 spiro atoms. The minimum atomic E-state index is -0.598. The van der Waals surface area contributed by atoms with E-state index in [0.717, 1.165) is 12.8 Å². The van der Waals surface area contributed by atoms with Gasteiger partial charge in [-0.05, 0) is 37.5 Å². The van der Waals surface area contributed by atoms with Gasteiger partial charge in [0.15, 0.2) is 5.82 Å². The molecule has 1 aliphatic rings. The third-order valence-electron chi connectivity index (χ3n) is 3.96. The number of rotatable bonds is 4. The van der Waals surface area contributed by atoms with Gasteiger partial charge in [0.05, 0.1) is 5.56 Å². The monoisotopic (exact) mass is 353 g/mol. The number of nitrogens with zero attached hydrogens (tertiary/aromatic N) is 3. The zero-order chi connectivity index (χ0) is 17.1. The Kier molecular flexibility index (Phi) is 5.11. The Hall–Kier alpha value is -1.99. The second-order valence-corrected chi connectivity index (χ2v) is 6.05. The summed E-state index contributed by atoms with van der Waals surface area (Å²) in [6, 6.07) is 3.58. The zero-order valence-electron chi connectivity index (χ0n) is 13.2. The van der Waals surface area contributed by atoms with Gasteiger partial charge in [0.1, 0.15) is 18.5 Å². The van der Waals surface area contributed by atoms with E-state index in [9.17, 15) is 9.18 Å². The number of amides is 1. The lowest BCUT2D eigenvalue weighted by Gasteiger charge is -2.33. The maximum absolute atomic E-state index is 14.0. The molecule has 1 saturated heterocycles. The standard InChI is InChI=1S/C16H17ClFN3O3/c1-23-9-14-19-15(24-20-14)13-4-2-3-7-21(13)16(22)11-8-10(17)5-6-12(11)18/h5-6,8,13H,2-4,7,9H2,1H3. The first-order valence-electron chi connectivity index (χ1n) is 7.67. The summed E-state index contributed by atoms with van der Waals surface area (Å²) in [5, 5.41) is 4.15. The number of carbonyl (C=O) groups excluding carboxylic acids is 1. The second-order valence-electron chi connectivity index (χ2n) is 5.62. The van der Waals surface area contributed by atoms with Crippen molar-refractivity contribution in [1.29, 1.82) is 0 Å². The Morgan fingerprint density at radius 2 is 2.33 bits per heavy atom. The molecule has 1 amide bonds. The van der Waals surface area contributed by atoms with E-state index < -0.39 is 11.7 Å². The summed E-state index contributed by atoms with van der Waals surface area (Å²) in [6.07, 6.45) is 2.44. The van der Waals surface area contributed by atoms with Gasteiger partial charge in [0, 0.05) is 18.7 Å². The molecule has 8 heteroatoms. The molecule has 1 aliphatic heterocycles. The van der Waals surface area contributed by atoms with Crippen LogP contribution in [0, 0.1) is 5.82 Å². The van der Waals surface area contributed by atoms with Gasteiger partial charge in [-0.25, -0.2) is 4.39 Å². The molecule has 1 aromatic heterocycles. The molecule has 0 bridgehead atoms. The molecule has 1 unspecified atom stereocenters. The van der Waals surface area contributed by atoms with Crippen LogP contribution >= 0.6 is 11.6 Å². The smallest absolute Gasteiger partial charge is 0.257 e. The van der Waals surface area contributed by atoms with Crippen LogP contribution in [0.5, 0.6) is 0 Å². The van der Waals surface area contributed by atoms with E-state index >= 15 is 0 Å². The van der Waals surface area contributed by atoms with Crippen molar-refractivity contribution in [1.82, 2.24) is 15.0 Å². The lowest BCUT2D eigenvalue weighted by molar-refractivity contribution is 0.0556. The van der Waals surface area contributed by atoms with Gasteiger partial charge < -0.3 is 14.2 Å². The highest BCUT2D eigenvalue weighted by Crippen LogP contribution is 2.32. The van der Waals surface area contributed by atoms with Crippen molar-refractivity contribution in [3.63, 3.8) is 0 Å². The Labute approximate surface area is 143 Å². The summed E-state index contributed by atoms with van der Waals surface area (Å²) in [5.74, 6) is -0.262. The fraction of sp³-hybridized carbons (Fsp3) is 0.438. The van der Waals surface area contributed by atoms with Crippen LogP contribution in [0.25, 0.3) is 0 Å². The van der Waals surface area contributed by atoms with E-state index in [4.69, 9.17) is 20.9 Å². The SMILES string of the molecule is COCc1noc(C2CCCCN2C(=O)c2cc(Cl)ccc2F)n1. The summed E-state index contributed by atoms with van der Waals surface area (Å²) in [5.41, 5.74) is -0.0500. The van der Waals surface area contributed by atoms with E-state index in [-0.39, 0.29) is 18.2 Å². The van der Waals surface area contributed by atoms with Gasteiger partial charge in [-0.1, -0.05) is 16.8 Å². The lowest BCUT2D eigenvalue weighted by atomic mass is 10.0. The van der Waals surface area contributed by atoms with Crippen LogP contribution < -0.4 is 0 Å². The highest BCUT2D eigenvalue weighted by atomic mass is 35.5. The van der Waals surface area contributed by atoms with E-state index in [0.29, 0.717) is 29.7 Å². The minimum Gasteiger partial charge on any atom is -0.377 e. The van der Waals surface area contributed by atoms with Gasteiger partial charge >= 0.3 is 0 Å². The largest absolute Gasteiger partial charge is 0.377 e. The Morgan fingerprint density at radius 1 is 1.50 bits per heavy atom.